The maximum absolute atomic E-state index is 12.3. The quantitative estimate of drug-likeness (QED) is 0.943. The molecule has 1 aromatic carbocycles. The van der Waals surface area contributed by atoms with Gasteiger partial charge in [0.15, 0.2) is 0 Å². The molecule has 0 bridgehead atoms. The van der Waals surface area contributed by atoms with Gasteiger partial charge in [0.1, 0.15) is 0 Å². The maximum atomic E-state index is 12.3. The predicted octanol–water partition coefficient (Wildman–Crippen LogP) is 2.51. The number of nitrogens with one attached hydrogen (secondary N) is 1. The lowest BCUT2D eigenvalue weighted by Gasteiger charge is -2.09. The summed E-state index contributed by atoms with van der Waals surface area (Å²) >= 11 is 0. The second kappa shape index (κ2) is 5.20. The van der Waals surface area contributed by atoms with Crippen molar-refractivity contribution in [2.24, 2.45) is 0 Å². The molecular weight excluding hydrogens is 274 g/mol. The molecule has 0 radical (unpaired) electrons. The van der Waals surface area contributed by atoms with Gasteiger partial charge >= 0.3 is 0 Å². The molecule has 1 aromatic heterocycles. The van der Waals surface area contributed by atoms with Crippen molar-refractivity contribution in [2.75, 3.05) is 4.72 Å². The fourth-order valence-corrected chi connectivity index (χ4v) is 2.86. The summed E-state index contributed by atoms with van der Waals surface area (Å²) in [6, 6.07) is 6.79. The summed E-state index contributed by atoms with van der Waals surface area (Å²) in [5.74, 6) is 0.0979. The van der Waals surface area contributed by atoms with Gasteiger partial charge in [-0.3, -0.25) is 0 Å². The van der Waals surface area contributed by atoms with Crippen LogP contribution in [0.25, 0.3) is 0 Å². The molecule has 0 aliphatic carbocycles. The van der Waals surface area contributed by atoms with E-state index in [2.05, 4.69) is 14.7 Å². The summed E-state index contributed by atoms with van der Waals surface area (Å²) in [4.78, 5) is 8.38. The first-order valence-electron chi connectivity index (χ1n) is 6.20. The highest BCUT2D eigenvalue weighted by molar-refractivity contribution is 7.92. The first kappa shape index (κ1) is 14.5. The van der Waals surface area contributed by atoms with Crippen molar-refractivity contribution in [2.45, 2.75) is 32.6 Å². The monoisotopic (exact) mass is 291 g/mol. The molecule has 2 aromatic rings. The Labute approximate surface area is 119 Å². The Morgan fingerprint density at radius 1 is 0.900 bits per heavy atom. The molecule has 0 aliphatic rings. The molecule has 106 valence electrons. The van der Waals surface area contributed by atoms with Crippen molar-refractivity contribution in [1.29, 1.82) is 0 Å². The van der Waals surface area contributed by atoms with E-state index < -0.39 is 10.0 Å². The van der Waals surface area contributed by atoms with Crippen molar-refractivity contribution >= 4 is 16.0 Å². The molecule has 2 rings (SSSR count). The molecule has 0 aliphatic heterocycles. The van der Waals surface area contributed by atoms with Gasteiger partial charge in [-0.05, 0) is 57.0 Å². The van der Waals surface area contributed by atoms with E-state index in [1.54, 1.807) is 38.1 Å². The Morgan fingerprint density at radius 3 is 2.05 bits per heavy atom. The van der Waals surface area contributed by atoms with E-state index in [9.17, 15) is 8.42 Å². The van der Waals surface area contributed by atoms with Gasteiger partial charge in [0.25, 0.3) is 10.0 Å². The van der Waals surface area contributed by atoms with E-state index in [0.717, 1.165) is 22.5 Å². The van der Waals surface area contributed by atoms with Crippen LogP contribution in [-0.2, 0) is 10.0 Å². The van der Waals surface area contributed by atoms with Crippen LogP contribution in [0.1, 0.15) is 22.5 Å². The van der Waals surface area contributed by atoms with Crippen LogP contribution in [0.15, 0.2) is 29.2 Å². The van der Waals surface area contributed by atoms with Crippen LogP contribution in [0.4, 0.5) is 5.95 Å². The molecule has 0 amide bonds. The molecule has 0 atom stereocenters. The van der Waals surface area contributed by atoms with Gasteiger partial charge in [0.05, 0.1) is 4.90 Å². The van der Waals surface area contributed by atoms with Crippen LogP contribution in [0.3, 0.4) is 0 Å². The molecule has 0 saturated heterocycles. The zero-order chi connectivity index (χ0) is 14.9. The minimum Gasteiger partial charge on any atom is -0.247 e. The van der Waals surface area contributed by atoms with Crippen LogP contribution in [0.5, 0.6) is 0 Å². The standard InChI is InChI=1S/C14H17N3O2S/c1-9-5-6-13(7-10(9)2)20(18,19)17-14-15-11(3)8-12(4)16-14/h5-8H,1-4H3,(H,15,16,17). The van der Waals surface area contributed by atoms with E-state index in [1.807, 2.05) is 13.8 Å². The zero-order valence-corrected chi connectivity index (χ0v) is 12.7. The lowest BCUT2D eigenvalue weighted by Crippen LogP contribution is -2.16. The van der Waals surface area contributed by atoms with Gasteiger partial charge in [-0.25, -0.2) is 23.1 Å². The van der Waals surface area contributed by atoms with Crippen molar-refractivity contribution in [1.82, 2.24) is 9.97 Å². The summed E-state index contributed by atoms with van der Waals surface area (Å²) in [7, 11) is -3.66. The Balaban J connectivity index is 2.37. The van der Waals surface area contributed by atoms with Crippen LogP contribution in [0, 0.1) is 27.7 Å². The summed E-state index contributed by atoms with van der Waals surface area (Å²) < 4.78 is 27.0. The molecule has 0 saturated carbocycles. The van der Waals surface area contributed by atoms with E-state index >= 15 is 0 Å². The molecule has 0 fully saturated rings. The second-order valence-electron chi connectivity index (χ2n) is 4.83. The number of rotatable bonds is 3. The van der Waals surface area contributed by atoms with Gasteiger partial charge in [-0.15, -0.1) is 0 Å². The minimum atomic E-state index is -3.66. The topological polar surface area (TPSA) is 72.0 Å². The third-order valence-corrected chi connectivity index (χ3v) is 4.32. The average Bonchev–Trinajstić information content (AvgIpc) is 2.30. The maximum Gasteiger partial charge on any atom is 0.264 e. The van der Waals surface area contributed by atoms with Crippen molar-refractivity contribution in [3.63, 3.8) is 0 Å². The summed E-state index contributed by atoms with van der Waals surface area (Å²) in [6.45, 7) is 7.40. The van der Waals surface area contributed by atoms with Gasteiger partial charge in [-0.2, -0.15) is 0 Å². The lowest BCUT2D eigenvalue weighted by molar-refractivity contribution is 0.600. The largest absolute Gasteiger partial charge is 0.264 e. The Morgan fingerprint density at radius 2 is 1.50 bits per heavy atom. The molecule has 0 unspecified atom stereocenters. The number of hydrogen-bond acceptors (Lipinski definition) is 4. The number of nitrogens with zero attached hydrogens (tertiary/aromatic N) is 2. The van der Waals surface area contributed by atoms with Crippen molar-refractivity contribution < 1.29 is 8.42 Å². The smallest absolute Gasteiger partial charge is 0.247 e. The predicted molar refractivity (Wildman–Crippen MR) is 78.2 cm³/mol. The number of anilines is 1. The number of hydrogen-bond donors (Lipinski definition) is 1. The Hall–Kier alpha value is -1.95. The highest BCUT2D eigenvalue weighted by Crippen LogP contribution is 2.17. The second-order valence-corrected chi connectivity index (χ2v) is 6.51. The molecule has 1 N–H and O–H groups in total. The van der Waals surface area contributed by atoms with E-state index in [4.69, 9.17) is 0 Å². The fourth-order valence-electron chi connectivity index (χ4n) is 1.83. The van der Waals surface area contributed by atoms with Gasteiger partial charge in [-0.1, -0.05) is 6.07 Å². The normalized spacial score (nSPS) is 11.4. The first-order valence-corrected chi connectivity index (χ1v) is 7.68. The molecular formula is C14H17N3O2S. The van der Waals surface area contributed by atoms with Gasteiger partial charge in [0, 0.05) is 11.4 Å². The van der Waals surface area contributed by atoms with E-state index in [-0.39, 0.29) is 10.8 Å². The van der Waals surface area contributed by atoms with Crippen LogP contribution >= 0.6 is 0 Å². The van der Waals surface area contributed by atoms with Gasteiger partial charge in [0.2, 0.25) is 5.95 Å². The summed E-state index contributed by atoms with van der Waals surface area (Å²) in [6.07, 6.45) is 0. The summed E-state index contributed by atoms with van der Waals surface area (Å²) in [5.41, 5.74) is 3.41. The highest BCUT2D eigenvalue weighted by Gasteiger charge is 2.16. The van der Waals surface area contributed by atoms with Crippen molar-refractivity contribution in [3.8, 4) is 0 Å². The number of aromatic nitrogens is 2. The number of benzene rings is 1. The first-order chi connectivity index (χ1) is 9.28. The minimum absolute atomic E-state index is 0.0979. The number of aryl methyl sites for hydroxylation is 4. The van der Waals surface area contributed by atoms with E-state index in [1.165, 1.54) is 0 Å². The molecule has 1 heterocycles. The molecule has 5 nitrogen and oxygen atoms in total. The summed E-state index contributed by atoms with van der Waals surface area (Å²) in [5, 5.41) is 0. The SMILES string of the molecule is Cc1cc(C)nc(NS(=O)(=O)c2ccc(C)c(C)c2)n1. The third kappa shape index (κ3) is 3.14. The fraction of sp³-hybridized carbons (Fsp3) is 0.286. The molecule has 6 heteroatoms. The van der Waals surface area contributed by atoms with Crippen LogP contribution in [0.2, 0.25) is 0 Å². The zero-order valence-electron chi connectivity index (χ0n) is 11.9. The third-order valence-electron chi connectivity index (χ3n) is 3.00. The molecule has 0 spiro atoms. The Bertz CT molecular complexity index is 735. The average molecular weight is 291 g/mol. The van der Waals surface area contributed by atoms with E-state index in [0.29, 0.717) is 0 Å². The van der Waals surface area contributed by atoms with Crippen LogP contribution < -0.4 is 4.72 Å². The molecule has 20 heavy (non-hydrogen) atoms. The number of sulfonamides is 1. The van der Waals surface area contributed by atoms with Crippen molar-refractivity contribution in [3.05, 3.63) is 46.8 Å². The van der Waals surface area contributed by atoms with Gasteiger partial charge < -0.3 is 0 Å². The van der Waals surface area contributed by atoms with Crippen LogP contribution in [-0.4, -0.2) is 18.4 Å². The lowest BCUT2D eigenvalue weighted by atomic mass is 10.1. The highest BCUT2D eigenvalue weighted by atomic mass is 32.2. The Kier molecular flexibility index (Phi) is 3.76.